The average Bonchev–Trinajstić information content (AvgIpc) is 2.68. The lowest BCUT2D eigenvalue weighted by atomic mass is 10.1. The number of fused-ring (bicyclic) bond motifs is 1. The monoisotopic (exact) mass is 260 g/mol. The summed E-state index contributed by atoms with van der Waals surface area (Å²) in [5.74, 6) is 0.0406. The number of hydrogen-bond acceptors (Lipinski definition) is 4. The zero-order valence-corrected chi connectivity index (χ0v) is 11.0. The van der Waals surface area contributed by atoms with Gasteiger partial charge < -0.3 is 10.5 Å². The van der Waals surface area contributed by atoms with Crippen LogP contribution in [0.2, 0.25) is 0 Å². The van der Waals surface area contributed by atoms with Gasteiger partial charge >= 0.3 is 5.97 Å². The van der Waals surface area contributed by atoms with Crippen molar-refractivity contribution in [1.82, 2.24) is 4.57 Å². The molecule has 0 aliphatic heterocycles. The van der Waals surface area contributed by atoms with Gasteiger partial charge in [0, 0.05) is 25.4 Å². The summed E-state index contributed by atoms with van der Waals surface area (Å²) in [5.41, 5.74) is 7.35. The van der Waals surface area contributed by atoms with Gasteiger partial charge in [-0.15, -0.1) is 0 Å². The molecule has 0 aliphatic carbocycles. The third-order valence-electron chi connectivity index (χ3n) is 2.87. The second kappa shape index (κ2) is 5.24. The predicted octanol–water partition coefficient (Wildman–Crippen LogP) is 1.73. The molecule has 1 aromatic carbocycles. The average molecular weight is 260 g/mol. The van der Waals surface area contributed by atoms with Crippen LogP contribution in [0.1, 0.15) is 24.2 Å². The molecule has 0 spiro atoms. The Labute approximate surface area is 110 Å². The third kappa shape index (κ3) is 2.66. The maximum absolute atomic E-state index is 11.6. The van der Waals surface area contributed by atoms with Crippen LogP contribution >= 0.6 is 0 Å². The van der Waals surface area contributed by atoms with Gasteiger partial charge in [0.15, 0.2) is 0 Å². The Kier molecular flexibility index (Phi) is 3.66. The SMILES string of the molecule is CC(=O)Oc1ccc2c(c1)c(CCN)cn2C(C)=O. The molecule has 2 N–H and O–H groups in total. The first kappa shape index (κ1) is 13.3. The molecule has 5 nitrogen and oxygen atoms in total. The lowest BCUT2D eigenvalue weighted by Crippen LogP contribution is -2.04. The van der Waals surface area contributed by atoms with Crippen LogP contribution < -0.4 is 10.5 Å². The van der Waals surface area contributed by atoms with Gasteiger partial charge in [0.25, 0.3) is 0 Å². The summed E-state index contributed by atoms with van der Waals surface area (Å²) in [6.45, 7) is 3.35. The van der Waals surface area contributed by atoms with E-state index in [1.165, 1.54) is 13.8 Å². The van der Waals surface area contributed by atoms with Crippen molar-refractivity contribution < 1.29 is 14.3 Å². The molecule has 0 bridgehead atoms. The molecule has 5 heteroatoms. The molecule has 1 heterocycles. The van der Waals surface area contributed by atoms with Gasteiger partial charge in [-0.2, -0.15) is 0 Å². The van der Waals surface area contributed by atoms with Crippen LogP contribution in [0.25, 0.3) is 10.9 Å². The van der Waals surface area contributed by atoms with Crippen LogP contribution in [0, 0.1) is 0 Å². The van der Waals surface area contributed by atoms with E-state index in [1.807, 2.05) is 0 Å². The molecule has 100 valence electrons. The van der Waals surface area contributed by atoms with E-state index in [0.29, 0.717) is 18.7 Å². The lowest BCUT2D eigenvalue weighted by molar-refractivity contribution is -0.131. The zero-order valence-electron chi connectivity index (χ0n) is 11.0. The minimum atomic E-state index is -0.370. The molecule has 0 saturated heterocycles. The number of rotatable bonds is 3. The molecule has 0 unspecified atom stereocenters. The maximum Gasteiger partial charge on any atom is 0.308 e. The molecular formula is C14H16N2O3. The van der Waals surface area contributed by atoms with Gasteiger partial charge in [0.2, 0.25) is 5.91 Å². The quantitative estimate of drug-likeness (QED) is 0.673. The van der Waals surface area contributed by atoms with Crippen LogP contribution in [-0.4, -0.2) is 23.0 Å². The van der Waals surface area contributed by atoms with E-state index in [0.717, 1.165) is 16.5 Å². The molecule has 0 amide bonds. The molecule has 0 atom stereocenters. The van der Waals surface area contributed by atoms with Gasteiger partial charge in [0.05, 0.1) is 5.52 Å². The largest absolute Gasteiger partial charge is 0.427 e. The van der Waals surface area contributed by atoms with Crippen molar-refractivity contribution >= 4 is 22.8 Å². The fraction of sp³-hybridized carbons (Fsp3) is 0.286. The molecule has 1 aromatic heterocycles. The second-order valence-corrected chi connectivity index (χ2v) is 4.35. The third-order valence-corrected chi connectivity index (χ3v) is 2.87. The first-order chi connectivity index (χ1) is 9.02. The van der Waals surface area contributed by atoms with E-state index in [4.69, 9.17) is 10.5 Å². The Balaban J connectivity index is 2.58. The van der Waals surface area contributed by atoms with E-state index in [9.17, 15) is 9.59 Å². The summed E-state index contributed by atoms with van der Waals surface area (Å²) in [6.07, 6.45) is 2.46. The summed E-state index contributed by atoms with van der Waals surface area (Å²) in [7, 11) is 0. The lowest BCUT2D eigenvalue weighted by Gasteiger charge is -2.03. The van der Waals surface area contributed by atoms with Crippen molar-refractivity contribution in [1.29, 1.82) is 0 Å². The highest BCUT2D eigenvalue weighted by Crippen LogP contribution is 2.26. The Hall–Kier alpha value is -2.14. The number of carbonyl (C=O) groups excluding carboxylic acids is 2. The van der Waals surface area contributed by atoms with E-state index >= 15 is 0 Å². The first-order valence-electron chi connectivity index (χ1n) is 6.06. The van der Waals surface area contributed by atoms with Crippen molar-refractivity contribution in [3.8, 4) is 5.75 Å². The molecular weight excluding hydrogens is 244 g/mol. The number of nitrogens with two attached hydrogens (primary N) is 1. The highest BCUT2D eigenvalue weighted by atomic mass is 16.5. The van der Waals surface area contributed by atoms with Crippen LogP contribution in [0.15, 0.2) is 24.4 Å². The van der Waals surface area contributed by atoms with Crippen LogP contribution in [-0.2, 0) is 11.2 Å². The van der Waals surface area contributed by atoms with Gasteiger partial charge in [-0.05, 0) is 36.7 Å². The smallest absolute Gasteiger partial charge is 0.308 e. The summed E-state index contributed by atoms with van der Waals surface area (Å²) in [5, 5.41) is 0.888. The van der Waals surface area contributed by atoms with Gasteiger partial charge in [-0.25, -0.2) is 0 Å². The predicted molar refractivity (Wildman–Crippen MR) is 72.3 cm³/mol. The fourth-order valence-electron chi connectivity index (χ4n) is 2.12. The van der Waals surface area contributed by atoms with Crippen molar-refractivity contribution in [2.24, 2.45) is 5.73 Å². The van der Waals surface area contributed by atoms with Crippen molar-refractivity contribution in [2.75, 3.05) is 6.54 Å². The number of nitrogens with zero attached hydrogens (tertiary/aromatic N) is 1. The molecule has 0 radical (unpaired) electrons. The van der Waals surface area contributed by atoms with Crippen LogP contribution in [0.3, 0.4) is 0 Å². The standard InChI is InChI=1S/C14H16N2O3/c1-9(17)16-8-11(5-6-15)13-7-12(19-10(2)18)3-4-14(13)16/h3-4,7-8H,5-6,15H2,1-2H3. The Morgan fingerprint density at radius 2 is 2.05 bits per heavy atom. The number of hydrogen-bond donors (Lipinski definition) is 1. The van der Waals surface area contributed by atoms with E-state index in [1.54, 1.807) is 29.0 Å². The first-order valence-corrected chi connectivity index (χ1v) is 6.06. The van der Waals surface area contributed by atoms with Crippen LogP contribution in [0.5, 0.6) is 5.75 Å². The number of carbonyl (C=O) groups is 2. The minimum Gasteiger partial charge on any atom is -0.427 e. The molecule has 19 heavy (non-hydrogen) atoms. The summed E-state index contributed by atoms with van der Waals surface area (Å²) >= 11 is 0. The van der Waals surface area contributed by atoms with Crippen LogP contribution in [0.4, 0.5) is 0 Å². The van der Waals surface area contributed by atoms with E-state index in [2.05, 4.69) is 0 Å². The van der Waals surface area contributed by atoms with Gasteiger partial charge in [-0.3, -0.25) is 14.2 Å². The molecule has 0 saturated carbocycles. The Morgan fingerprint density at radius 3 is 2.63 bits per heavy atom. The zero-order chi connectivity index (χ0) is 14.0. The maximum atomic E-state index is 11.6. The number of aromatic nitrogens is 1. The minimum absolute atomic E-state index is 0.0616. The topological polar surface area (TPSA) is 74.3 Å². The molecule has 0 fully saturated rings. The number of benzene rings is 1. The second-order valence-electron chi connectivity index (χ2n) is 4.35. The highest BCUT2D eigenvalue weighted by molar-refractivity contribution is 5.94. The summed E-state index contributed by atoms with van der Waals surface area (Å²) < 4.78 is 6.64. The van der Waals surface area contributed by atoms with Crippen molar-refractivity contribution in [2.45, 2.75) is 20.3 Å². The van der Waals surface area contributed by atoms with Gasteiger partial charge in [0.1, 0.15) is 5.75 Å². The fourth-order valence-corrected chi connectivity index (χ4v) is 2.12. The Bertz CT molecular complexity index is 643. The van der Waals surface area contributed by atoms with E-state index in [-0.39, 0.29) is 11.9 Å². The molecule has 2 rings (SSSR count). The summed E-state index contributed by atoms with van der Waals surface area (Å²) in [6, 6.07) is 5.21. The molecule has 2 aromatic rings. The number of ether oxygens (including phenoxy) is 1. The van der Waals surface area contributed by atoms with Crippen molar-refractivity contribution in [3.63, 3.8) is 0 Å². The Morgan fingerprint density at radius 1 is 1.32 bits per heavy atom. The number of esters is 1. The van der Waals surface area contributed by atoms with Gasteiger partial charge in [-0.1, -0.05) is 0 Å². The normalized spacial score (nSPS) is 10.7. The summed E-state index contributed by atoms with van der Waals surface area (Å²) in [4.78, 5) is 22.6. The van der Waals surface area contributed by atoms with E-state index < -0.39 is 0 Å². The van der Waals surface area contributed by atoms with Crippen molar-refractivity contribution in [3.05, 3.63) is 30.0 Å². The highest BCUT2D eigenvalue weighted by Gasteiger charge is 2.12. The molecule has 0 aliphatic rings.